The van der Waals surface area contributed by atoms with Crippen LogP contribution in [0.2, 0.25) is 0 Å². The van der Waals surface area contributed by atoms with Crippen molar-refractivity contribution in [2.24, 2.45) is 5.92 Å². The summed E-state index contributed by atoms with van der Waals surface area (Å²) in [7, 11) is -4.27. The summed E-state index contributed by atoms with van der Waals surface area (Å²) in [6, 6.07) is 15.2. The lowest BCUT2D eigenvalue weighted by Crippen LogP contribution is -2.68. The number of aryl methyl sites for hydroxylation is 1. The van der Waals surface area contributed by atoms with Crippen LogP contribution in [0.15, 0.2) is 59.5 Å². The van der Waals surface area contributed by atoms with E-state index in [-0.39, 0.29) is 22.8 Å². The van der Waals surface area contributed by atoms with Gasteiger partial charge in [-0.15, -0.1) is 0 Å². The maximum atomic E-state index is 11.6. The van der Waals surface area contributed by atoms with E-state index < -0.39 is 10.1 Å². The molecule has 7 heteroatoms. The van der Waals surface area contributed by atoms with Crippen LogP contribution >= 0.6 is 0 Å². The van der Waals surface area contributed by atoms with Crippen LogP contribution in [0, 0.1) is 12.8 Å². The van der Waals surface area contributed by atoms with Crippen molar-refractivity contribution in [2.45, 2.75) is 44.7 Å². The molecule has 2 rings (SSSR count). The molecule has 27 heavy (non-hydrogen) atoms. The van der Waals surface area contributed by atoms with Gasteiger partial charge in [-0.05, 0) is 31.0 Å². The van der Waals surface area contributed by atoms with E-state index in [0.717, 1.165) is 17.5 Å². The summed E-state index contributed by atoms with van der Waals surface area (Å²) in [6.45, 7) is 6.22. The number of hydrogen-bond donors (Lipinski definition) is 1. The summed E-state index contributed by atoms with van der Waals surface area (Å²) in [5, 5.41) is 0. The lowest BCUT2D eigenvalue weighted by Gasteiger charge is -2.13. The highest BCUT2D eigenvalue weighted by molar-refractivity contribution is 7.85. The Kier molecular flexibility index (Phi) is 9.14. The molecule has 2 aromatic rings. The topological polar surface area (TPSA) is 111 Å². The molecule has 0 radical (unpaired) electrons. The van der Waals surface area contributed by atoms with Crippen molar-refractivity contribution in [3.8, 4) is 0 Å². The quantitative estimate of drug-likeness (QED) is 0.598. The van der Waals surface area contributed by atoms with E-state index in [9.17, 15) is 17.8 Å². The zero-order valence-electron chi connectivity index (χ0n) is 15.9. The molecule has 0 aromatic heterocycles. The monoisotopic (exact) mass is 393 g/mol. The third kappa shape index (κ3) is 8.34. The number of hydrogen-bond acceptors (Lipinski definition) is 5. The van der Waals surface area contributed by atoms with Gasteiger partial charge < -0.3 is 15.0 Å². The molecule has 0 aliphatic heterocycles. The van der Waals surface area contributed by atoms with Gasteiger partial charge in [0.2, 0.25) is 0 Å². The van der Waals surface area contributed by atoms with Crippen LogP contribution in [-0.2, 0) is 26.3 Å². The van der Waals surface area contributed by atoms with Crippen LogP contribution in [-0.4, -0.2) is 25.0 Å². The van der Waals surface area contributed by atoms with Gasteiger partial charge in [-0.3, -0.25) is 0 Å². The molecule has 0 saturated carbocycles. The van der Waals surface area contributed by atoms with Crippen molar-refractivity contribution in [2.75, 3.05) is 0 Å². The lowest BCUT2D eigenvalue weighted by molar-refractivity contribution is -0.420. The first-order valence-corrected chi connectivity index (χ1v) is 10.1. The normalized spacial score (nSPS) is 13.1. The molecular weight excluding hydrogens is 366 g/mol. The molecule has 0 saturated heterocycles. The van der Waals surface area contributed by atoms with E-state index in [2.05, 4.69) is 5.73 Å². The number of rotatable bonds is 6. The summed E-state index contributed by atoms with van der Waals surface area (Å²) in [6.07, 6.45) is 0.939. The predicted octanol–water partition coefficient (Wildman–Crippen LogP) is 2.29. The van der Waals surface area contributed by atoms with E-state index in [0.29, 0.717) is 6.61 Å². The molecular formula is C20H27NO5S. The van der Waals surface area contributed by atoms with Crippen molar-refractivity contribution in [3.05, 3.63) is 65.7 Å². The minimum atomic E-state index is -4.27. The Labute approximate surface area is 161 Å². The van der Waals surface area contributed by atoms with E-state index in [1.54, 1.807) is 12.1 Å². The Balaban J connectivity index is 0.000000289. The largest absolute Gasteiger partial charge is 0.744 e. The molecule has 0 spiro atoms. The maximum absolute atomic E-state index is 11.6. The van der Waals surface area contributed by atoms with Gasteiger partial charge in [-0.2, -0.15) is 0 Å². The third-order valence-corrected chi connectivity index (χ3v) is 5.02. The number of quaternary nitrogens is 1. The van der Waals surface area contributed by atoms with Gasteiger partial charge in [-0.1, -0.05) is 61.9 Å². The summed E-state index contributed by atoms with van der Waals surface area (Å²) in [5.41, 5.74) is 5.78. The Bertz CT molecular complexity index is 804. The molecule has 3 N–H and O–H groups in total. The smallest absolute Gasteiger partial charge is 0.365 e. The number of esters is 1. The molecule has 6 nitrogen and oxygen atoms in total. The zero-order chi connectivity index (χ0) is 20.4. The highest BCUT2D eigenvalue weighted by Gasteiger charge is 2.24. The van der Waals surface area contributed by atoms with Crippen LogP contribution in [0.3, 0.4) is 0 Å². The molecule has 2 atom stereocenters. The average Bonchev–Trinajstić information content (AvgIpc) is 2.65. The van der Waals surface area contributed by atoms with Gasteiger partial charge in [0.1, 0.15) is 16.7 Å². The van der Waals surface area contributed by atoms with Crippen molar-refractivity contribution < 1.29 is 28.2 Å². The van der Waals surface area contributed by atoms with Gasteiger partial charge >= 0.3 is 5.97 Å². The van der Waals surface area contributed by atoms with E-state index in [1.807, 2.05) is 51.1 Å². The van der Waals surface area contributed by atoms with Crippen LogP contribution < -0.4 is 5.73 Å². The maximum Gasteiger partial charge on any atom is 0.365 e. The van der Waals surface area contributed by atoms with Crippen molar-refractivity contribution in [3.63, 3.8) is 0 Å². The number of carbonyl (C=O) groups is 1. The molecule has 0 unspecified atom stereocenters. The molecule has 0 aliphatic rings. The Morgan fingerprint density at radius 3 is 2.15 bits per heavy atom. The molecule has 0 bridgehead atoms. The van der Waals surface area contributed by atoms with Gasteiger partial charge in [-0.25, -0.2) is 13.2 Å². The Hall–Kier alpha value is -2.22. The van der Waals surface area contributed by atoms with Crippen molar-refractivity contribution in [1.82, 2.24) is 0 Å². The minimum absolute atomic E-state index is 0.178. The Morgan fingerprint density at radius 2 is 1.67 bits per heavy atom. The summed E-state index contributed by atoms with van der Waals surface area (Å²) in [5.74, 6) is 0.0569. The van der Waals surface area contributed by atoms with E-state index in [1.165, 1.54) is 12.1 Å². The van der Waals surface area contributed by atoms with Crippen molar-refractivity contribution in [1.29, 1.82) is 0 Å². The average molecular weight is 394 g/mol. The van der Waals surface area contributed by atoms with Gasteiger partial charge in [0.15, 0.2) is 6.04 Å². The molecule has 0 fully saturated rings. The standard InChI is InChI=1S/C13H19NO2.C7H8O3S/c1-3-10(2)12(14)13(15)16-9-11-7-5-4-6-8-11;1-6-2-4-7(5-3-6)11(8,9)10/h4-8,10,12H,3,9,14H2,1-2H3;2-5H,1H3,(H,8,9,10)/t10-,12+;/m0./s1. The molecule has 2 aromatic carbocycles. The molecule has 148 valence electrons. The summed E-state index contributed by atoms with van der Waals surface area (Å²) in [4.78, 5) is 11.5. The number of benzene rings is 2. The second kappa shape index (κ2) is 10.8. The number of ether oxygens (including phenoxy) is 1. The molecule has 0 amide bonds. The first kappa shape index (κ1) is 22.8. The van der Waals surface area contributed by atoms with Gasteiger partial charge in [0.25, 0.3) is 0 Å². The molecule has 0 aliphatic carbocycles. The summed E-state index contributed by atoms with van der Waals surface area (Å²) < 4.78 is 36.4. The third-order valence-electron chi connectivity index (χ3n) is 4.17. The highest BCUT2D eigenvalue weighted by atomic mass is 32.2. The predicted molar refractivity (Wildman–Crippen MR) is 102 cm³/mol. The second-order valence-electron chi connectivity index (χ2n) is 6.35. The zero-order valence-corrected chi connectivity index (χ0v) is 16.7. The van der Waals surface area contributed by atoms with E-state index in [4.69, 9.17) is 4.74 Å². The fourth-order valence-electron chi connectivity index (χ4n) is 2.06. The highest BCUT2D eigenvalue weighted by Crippen LogP contribution is 2.09. The fraction of sp³-hybridized carbons (Fsp3) is 0.350. The fourth-order valence-corrected chi connectivity index (χ4v) is 2.53. The Morgan fingerprint density at radius 1 is 1.11 bits per heavy atom. The number of carbonyl (C=O) groups excluding carboxylic acids is 1. The first-order chi connectivity index (χ1) is 12.6. The van der Waals surface area contributed by atoms with Gasteiger partial charge in [0, 0.05) is 5.92 Å². The van der Waals surface area contributed by atoms with Gasteiger partial charge in [0.05, 0.1) is 4.90 Å². The lowest BCUT2D eigenvalue weighted by atomic mass is 10.0. The molecule has 0 heterocycles. The van der Waals surface area contributed by atoms with Crippen LogP contribution in [0.5, 0.6) is 0 Å². The SMILES string of the molecule is CC[C@H](C)[C@@H]([NH3+])C(=O)OCc1ccccc1.Cc1ccc(S(=O)(=O)[O-])cc1. The van der Waals surface area contributed by atoms with Crippen LogP contribution in [0.25, 0.3) is 0 Å². The minimum Gasteiger partial charge on any atom is -0.744 e. The summed E-state index contributed by atoms with van der Waals surface area (Å²) >= 11 is 0. The first-order valence-electron chi connectivity index (χ1n) is 8.71. The van der Waals surface area contributed by atoms with Crippen LogP contribution in [0.4, 0.5) is 0 Å². The van der Waals surface area contributed by atoms with E-state index >= 15 is 0 Å². The van der Waals surface area contributed by atoms with Crippen LogP contribution in [0.1, 0.15) is 31.4 Å². The van der Waals surface area contributed by atoms with Crippen molar-refractivity contribution >= 4 is 16.1 Å². The second-order valence-corrected chi connectivity index (χ2v) is 7.73.